The van der Waals surface area contributed by atoms with Crippen molar-refractivity contribution in [1.29, 1.82) is 0 Å². The van der Waals surface area contributed by atoms with Gasteiger partial charge in [-0.3, -0.25) is 0 Å². The number of nitrogens with zero attached hydrogens (tertiary/aromatic N) is 1. The molecular formula is C5H4BF2NO3. The fraction of sp³-hybridized carbons (Fsp3) is 0. The zero-order valence-corrected chi connectivity index (χ0v) is 5.74. The molecule has 1 aromatic rings. The second-order valence-corrected chi connectivity index (χ2v) is 1.86. The number of hydrogen-bond acceptors (Lipinski definition) is 4. The van der Waals surface area contributed by atoms with Crippen molar-refractivity contribution >= 4 is 7.32 Å². The molecule has 0 atom stereocenters. The zero-order valence-electron chi connectivity index (χ0n) is 5.74. The Morgan fingerprint density at radius 1 is 1.42 bits per heavy atom. The molecule has 0 aliphatic carbocycles. The minimum atomic E-state index is -2.21. The quantitative estimate of drug-likeness (QED) is 0.606. The maximum Gasteiger partial charge on any atom is 0.708 e. The highest BCUT2D eigenvalue weighted by Gasteiger charge is 2.17. The van der Waals surface area contributed by atoms with Crippen LogP contribution in [0.15, 0.2) is 12.3 Å². The number of pyridine rings is 1. The van der Waals surface area contributed by atoms with E-state index in [1.54, 1.807) is 0 Å². The lowest BCUT2D eigenvalue weighted by molar-refractivity contribution is 0.273. The van der Waals surface area contributed by atoms with Crippen molar-refractivity contribution in [3.05, 3.63) is 23.9 Å². The molecule has 0 fully saturated rings. The van der Waals surface area contributed by atoms with Crippen molar-refractivity contribution < 1.29 is 23.5 Å². The van der Waals surface area contributed by atoms with Crippen LogP contribution in [0.5, 0.6) is 5.88 Å². The van der Waals surface area contributed by atoms with Gasteiger partial charge >= 0.3 is 7.32 Å². The van der Waals surface area contributed by atoms with Crippen LogP contribution in [0, 0.1) is 11.6 Å². The van der Waals surface area contributed by atoms with Crippen LogP contribution in [0.25, 0.3) is 0 Å². The third-order valence-corrected chi connectivity index (χ3v) is 1.03. The van der Waals surface area contributed by atoms with Gasteiger partial charge in [-0.05, 0) is 6.07 Å². The summed E-state index contributed by atoms with van der Waals surface area (Å²) in [4.78, 5) is 3.22. The average molecular weight is 175 g/mol. The molecule has 0 radical (unpaired) electrons. The molecule has 1 heterocycles. The standard InChI is InChI=1S/C5H4BF2NO3/c7-3-1-2-9-5(4(3)8)12-6(10)11/h1-2,10-11H. The van der Waals surface area contributed by atoms with E-state index in [9.17, 15) is 8.78 Å². The SMILES string of the molecule is OB(O)Oc1nccc(F)c1F. The Balaban J connectivity index is 2.92. The van der Waals surface area contributed by atoms with Crippen molar-refractivity contribution in [1.82, 2.24) is 4.98 Å². The van der Waals surface area contributed by atoms with Gasteiger partial charge in [-0.1, -0.05) is 0 Å². The van der Waals surface area contributed by atoms with Crippen LogP contribution in [0.1, 0.15) is 0 Å². The smallest absolute Gasteiger partial charge is 0.495 e. The minimum Gasteiger partial charge on any atom is -0.495 e. The highest BCUT2D eigenvalue weighted by atomic mass is 19.2. The van der Waals surface area contributed by atoms with Gasteiger partial charge in [-0.2, -0.15) is 4.39 Å². The van der Waals surface area contributed by atoms with Crippen LogP contribution < -0.4 is 4.65 Å². The number of aromatic nitrogens is 1. The molecule has 0 aliphatic rings. The highest BCUT2D eigenvalue weighted by Crippen LogP contribution is 2.15. The normalized spacial score (nSPS) is 9.67. The molecule has 1 aromatic heterocycles. The van der Waals surface area contributed by atoms with Crippen molar-refractivity contribution in [2.75, 3.05) is 0 Å². The Bertz CT molecular complexity index is 283. The largest absolute Gasteiger partial charge is 0.708 e. The Morgan fingerprint density at radius 2 is 2.08 bits per heavy atom. The second kappa shape index (κ2) is 3.46. The third-order valence-electron chi connectivity index (χ3n) is 1.03. The summed E-state index contributed by atoms with van der Waals surface area (Å²) >= 11 is 0. The number of halogens is 2. The minimum absolute atomic E-state index is 0.784. The van der Waals surface area contributed by atoms with Crippen molar-refractivity contribution in [2.45, 2.75) is 0 Å². The summed E-state index contributed by atoms with van der Waals surface area (Å²) in [5.74, 6) is -3.31. The topological polar surface area (TPSA) is 62.6 Å². The first kappa shape index (κ1) is 8.89. The lowest BCUT2D eigenvalue weighted by Gasteiger charge is -2.03. The Labute approximate surface area is 66.6 Å². The van der Waals surface area contributed by atoms with E-state index in [0.717, 1.165) is 12.3 Å². The van der Waals surface area contributed by atoms with E-state index in [4.69, 9.17) is 10.0 Å². The monoisotopic (exact) mass is 175 g/mol. The summed E-state index contributed by atoms with van der Waals surface area (Å²) in [7, 11) is -2.21. The second-order valence-electron chi connectivity index (χ2n) is 1.86. The summed E-state index contributed by atoms with van der Waals surface area (Å²) < 4.78 is 29.0. The Hall–Kier alpha value is -1.21. The molecule has 0 saturated heterocycles. The maximum atomic E-state index is 12.6. The predicted molar refractivity (Wildman–Crippen MR) is 35.0 cm³/mol. The average Bonchev–Trinajstić information content (AvgIpc) is 1.98. The molecule has 0 aromatic carbocycles. The third kappa shape index (κ3) is 1.89. The van der Waals surface area contributed by atoms with Gasteiger partial charge in [0.15, 0.2) is 5.82 Å². The molecule has 4 nitrogen and oxygen atoms in total. The highest BCUT2D eigenvalue weighted by molar-refractivity contribution is 6.33. The summed E-state index contributed by atoms with van der Waals surface area (Å²) in [5, 5.41) is 16.5. The molecule has 0 spiro atoms. The van der Waals surface area contributed by atoms with E-state index >= 15 is 0 Å². The Morgan fingerprint density at radius 3 is 2.67 bits per heavy atom. The first-order valence-corrected chi connectivity index (χ1v) is 2.94. The molecule has 1 rings (SSSR count). The van der Waals surface area contributed by atoms with Crippen LogP contribution in [0.3, 0.4) is 0 Å². The number of hydrogen-bond donors (Lipinski definition) is 2. The molecule has 2 N–H and O–H groups in total. The predicted octanol–water partition coefficient (Wildman–Crippen LogP) is -0.292. The summed E-state index contributed by atoms with van der Waals surface area (Å²) in [5.41, 5.74) is 0. The molecule has 7 heteroatoms. The van der Waals surface area contributed by atoms with Crippen LogP contribution in [-0.2, 0) is 0 Å². The molecule has 0 aliphatic heterocycles. The van der Waals surface area contributed by atoms with E-state index in [0.29, 0.717) is 0 Å². The zero-order chi connectivity index (χ0) is 9.14. The van der Waals surface area contributed by atoms with Crippen molar-refractivity contribution in [2.24, 2.45) is 0 Å². The molecule has 0 bridgehead atoms. The van der Waals surface area contributed by atoms with Crippen LogP contribution in [-0.4, -0.2) is 22.4 Å². The Kier molecular flexibility index (Phi) is 2.56. The van der Waals surface area contributed by atoms with E-state index in [1.807, 2.05) is 0 Å². The van der Waals surface area contributed by atoms with Crippen molar-refractivity contribution in [3.63, 3.8) is 0 Å². The van der Waals surface area contributed by atoms with Crippen LogP contribution in [0.4, 0.5) is 8.78 Å². The summed E-state index contributed by atoms with van der Waals surface area (Å²) in [6, 6.07) is 0.784. The van der Waals surface area contributed by atoms with Gasteiger partial charge in [0.2, 0.25) is 11.7 Å². The van der Waals surface area contributed by atoms with Gasteiger partial charge in [0, 0.05) is 6.20 Å². The van der Waals surface area contributed by atoms with Gasteiger partial charge < -0.3 is 14.7 Å². The van der Waals surface area contributed by atoms with Gasteiger partial charge in [-0.25, -0.2) is 9.37 Å². The molecular weight excluding hydrogens is 171 g/mol. The summed E-state index contributed by atoms with van der Waals surface area (Å²) in [6.45, 7) is 0. The van der Waals surface area contributed by atoms with Gasteiger partial charge in [0.1, 0.15) is 0 Å². The van der Waals surface area contributed by atoms with E-state index in [1.165, 1.54) is 0 Å². The lowest BCUT2D eigenvalue weighted by atomic mass is 10.2. The summed E-state index contributed by atoms with van der Waals surface area (Å²) in [6.07, 6.45) is 0.941. The fourth-order valence-electron chi connectivity index (χ4n) is 0.584. The first-order valence-electron chi connectivity index (χ1n) is 2.94. The number of rotatable bonds is 2. The van der Waals surface area contributed by atoms with Gasteiger partial charge in [0.05, 0.1) is 0 Å². The van der Waals surface area contributed by atoms with Crippen LogP contribution >= 0.6 is 0 Å². The van der Waals surface area contributed by atoms with Gasteiger partial charge in [-0.15, -0.1) is 0 Å². The molecule has 0 unspecified atom stereocenters. The maximum absolute atomic E-state index is 12.6. The van der Waals surface area contributed by atoms with Gasteiger partial charge in [0.25, 0.3) is 0 Å². The lowest BCUT2D eigenvalue weighted by Crippen LogP contribution is -2.22. The first-order chi connectivity index (χ1) is 5.61. The van der Waals surface area contributed by atoms with E-state index in [2.05, 4.69) is 9.64 Å². The van der Waals surface area contributed by atoms with Crippen LogP contribution in [0.2, 0.25) is 0 Å². The van der Waals surface area contributed by atoms with Crippen molar-refractivity contribution in [3.8, 4) is 5.88 Å². The molecule has 64 valence electrons. The molecule has 0 amide bonds. The molecule has 12 heavy (non-hydrogen) atoms. The fourth-order valence-corrected chi connectivity index (χ4v) is 0.584. The molecule has 0 saturated carbocycles. The van der Waals surface area contributed by atoms with E-state index in [-0.39, 0.29) is 0 Å². The van der Waals surface area contributed by atoms with E-state index < -0.39 is 24.8 Å².